The first kappa shape index (κ1) is 16.3. The van der Waals surface area contributed by atoms with Crippen LogP contribution in [0.5, 0.6) is 0 Å². The van der Waals surface area contributed by atoms with Gasteiger partial charge in [0.25, 0.3) is 0 Å². The molecule has 2 aromatic rings. The van der Waals surface area contributed by atoms with Gasteiger partial charge in [0.15, 0.2) is 0 Å². The van der Waals surface area contributed by atoms with Crippen LogP contribution in [0.1, 0.15) is 34.5 Å². The zero-order valence-electron chi connectivity index (χ0n) is 14.1. The lowest BCUT2D eigenvalue weighted by Gasteiger charge is -2.01. The molecular formula is C22H22O3. The summed E-state index contributed by atoms with van der Waals surface area (Å²) >= 11 is 0. The van der Waals surface area contributed by atoms with Crippen LogP contribution in [0.4, 0.5) is 0 Å². The highest BCUT2D eigenvalue weighted by Gasteiger charge is 2.43. The molecule has 25 heavy (non-hydrogen) atoms. The van der Waals surface area contributed by atoms with Crippen molar-refractivity contribution < 1.29 is 14.2 Å². The van der Waals surface area contributed by atoms with Gasteiger partial charge in [0, 0.05) is 0 Å². The maximum atomic E-state index is 5.81. The summed E-state index contributed by atoms with van der Waals surface area (Å²) in [6, 6.07) is 16.5. The zero-order chi connectivity index (χ0) is 17.2. The van der Waals surface area contributed by atoms with Crippen molar-refractivity contribution >= 4 is 12.2 Å². The first-order valence-corrected chi connectivity index (χ1v) is 8.62. The molecule has 0 bridgehead atoms. The molecule has 0 spiro atoms. The minimum Gasteiger partial charge on any atom is -0.376 e. The largest absolute Gasteiger partial charge is 0.376 e. The minimum absolute atomic E-state index is 0.139. The smallest absolute Gasteiger partial charge is 0.112 e. The third-order valence-electron chi connectivity index (χ3n) is 4.68. The quantitative estimate of drug-likeness (QED) is 0.663. The monoisotopic (exact) mass is 334 g/mol. The number of benzene rings is 2. The summed E-state index contributed by atoms with van der Waals surface area (Å²) in [5.41, 5.74) is 4.60. The molecule has 2 fully saturated rings. The van der Waals surface area contributed by atoms with E-state index in [1.54, 1.807) is 0 Å². The molecule has 0 radical (unpaired) electrons. The SMILES string of the molecule is C=Cc1cccc(C2OC2COCC2OC2c2cccc(C=C)c2)c1. The third-order valence-corrected chi connectivity index (χ3v) is 4.68. The van der Waals surface area contributed by atoms with Crippen LogP contribution >= 0.6 is 0 Å². The topological polar surface area (TPSA) is 34.3 Å². The third kappa shape index (κ3) is 3.74. The molecule has 0 saturated carbocycles. The van der Waals surface area contributed by atoms with E-state index in [4.69, 9.17) is 14.2 Å². The molecule has 3 nitrogen and oxygen atoms in total. The second kappa shape index (κ2) is 6.96. The Morgan fingerprint density at radius 1 is 0.800 bits per heavy atom. The molecule has 0 aliphatic carbocycles. The second-order valence-corrected chi connectivity index (χ2v) is 6.48. The van der Waals surface area contributed by atoms with Gasteiger partial charge in [-0.3, -0.25) is 0 Å². The van der Waals surface area contributed by atoms with Crippen LogP contribution in [-0.2, 0) is 14.2 Å². The van der Waals surface area contributed by atoms with Gasteiger partial charge >= 0.3 is 0 Å². The van der Waals surface area contributed by atoms with E-state index >= 15 is 0 Å². The van der Waals surface area contributed by atoms with Crippen LogP contribution < -0.4 is 0 Å². The lowest BCUT2D eigenvalue weighted by molar-refractivity contribution is 0.102. The van der Waals surface area contributed by atoms with Crippen molar-refractivity contribution in [3.05, 3.63) is 83.9 Å². The molecule has 4 rings (SSSR count). The Hall–Kier alpha value is -2.20. The van der Waals surface area contributed by atoms with E-state index in [0.717, 1.165) is 11.1 Å². The van der Waals surface area contributed by atoms with Gasteiger partial charge < -0.3 is 14.2 Å². The van der Waals surface area contributed by atoms with Crippen LogP contribution in [0.15, 0.2) is 61.7 Å². The zero-order valence-corrected chi connectivity index (χ0v) is 14.1. The van der Waals surface area contributed by atoms with Crippen LogP contribution in [0.25, 0.3) is 12.2 Å². The summed E-state index contributed by atoms with van der Waals surface area (Å²) in [7, 11) is 0. The van der Waals surface area contributed by atoms with Crippen molar-refractivity contribution in [2.24, 2.45) is 0 Å². The molecule has 0 N–H and O–H groups in total. The predicted octanol–water partition coefficient (Wildman–Crippen LogP) is 4.57. The summed E-state index contributed by atoms with van der Waals surface area (Å²) in [5, 5.41) is 0. The number of hydrogen-bond acceptors (Lipinski definition) is 3. The second-order valence-electron chi connectivity index (χ2n) is 6.48. The van der Waals surface area contributed by atoms with Crippen LogP contribution in [-0.4, -0.2) is 25.4 Å². The molecule has 3 heteroatoms. The van der Waals surface area contributed by atoms with Crippen LogP contribution in [0.2, 0.25) is 0 Å². The Kier molecular flexibility index (Phi) is 4.53. The fourth-order valence-electron chi connectivity index (χ4n) is 3.15. The molecule has 128 valence electrons. The fraction of sp³-hybridized carbons (Fsp3) is 0.273. The van der Waals surface area contributed by atoms with E-state index in [9.17, 15) is 0 Å². The molecule has 0 aromatic heterocycles. The maximum absolute atomic E-state index is 5.81. The van der Waals surface area contributed by atoms with E-state index in [-0.39, 0.29) is 24.4 Å². The normalized spacial score (nSPS) is 26.9. The summed E-state index contributed by atoms with van der Waals surface area (Å²) in [4.78, 5) is 0. The molecule has 4 atom stereocenters. The van der Waals surface area contributed by atoms with Gasteiger partial charge in [-0.05, 0) is 34.4 Å². The highest BCUT2D eigenvalue weighted by Crippen LogP contribution is 2.41. The molecule has 2 heterocycles. The Bertz CT molecular complexity index is 717. The van der Waals surface area contributed by atoms with Gasteiger partial charge in [0.1, 0.15) is 24.4 Å². The van der Waals surface area contributed by atoms with E-state index in [2.05, 4.69) is 37.4 Å². The Morgan fingerprint density at radius 3 is 1.72 bits per heavy atom. The van der Waals surface area contributed by atoms with Crippen molar-refractivity contribution in [3.63, 3.8) is 0 Å². The fourth-order valence-corrected chi connectivity index (χ4v) is 3.15. The van der Waals surface area contributed by atoms with Gasteiger partial charge in [0.05, 0.1) is 13.2 Å². The van der Waals surface area contributed by atoms with Crippen molar-refractivity contribution in [2.45, 2.75) is 24.4 Å². The van der Waals surface area contributed by atoms with Gasteiger partial charge in [-0.15, -0.1) is 0 Å². The van der Waals surface area contributed by atoms with E-state index in [0.29, 0.717) is 13.2 Å². The van der Waals surface area contributed by atoms with Gasteiger partial charge in [-0.25, -0.2) is 0 Å². The Balaban J connectivity index is 1.22. The summed E-state index contributed by atoms with van der Waals surface area (Å²) in [6.45, 7) is 8.81. The number of rotatable bonds is 8. The van der Waals surface area contributed by atoms with Gasteiger partial charge in [-0.2, -0.15) is 0 Å². The first-order chi connectivity index (χ1) is 12.3. The highest BCUT2D eigenvalue weighted by atomic mass is 16.6. The van der Waals surface area contributed by atoms with Crippen molar-refractivity contribution in [1.82, 2.24) is 0 Å². The highest BCUT2D eigenvalue weighted by molar-refractivity contribution is 5.49. The van der Waals surface area contributed by atoms with Crippen LogP contribution in [0.3, 0.4) is 0 Å². The predicted molar refractivity (Wildman–Crippen MR) is 99.1 cm³/mol. The molecule has 2 saturated heterocycles. The standard InChI is InChI=1S/C22H22O3/c1-3-15-7-5-9-17(11-15)21-19(24-21)13-23-14-20-22(25-20)18-10-6-8-16(4-2)12-18/h3-12,19-22H,1-2,13-14H2. The first-order valence-electron chi connectivity index (χ1n) is 8.62. The molecular weight excluding hydrogens is 312 g/mol. The van der Waals surface area contributed by atoms with Crippen molar-refractivity contribution in [2.75, 3.05) is 13.2 Å². The molecule has 0 amide bonds. The molecule has 2 aliphatic rings. The van der Waals surface area contributed by atoms with E-state index in [1.807, 2.05) is 36.4 Å². The van der Waals surface area contributed by atoms with E-state index in [1.165, 1.54) is 11.1 Å². The van der Waals surface area contributed by atoms with Crippen molar-refractivity contribution in [1.29, 1.82) is 0 Å². The number of ether oxygens (including phenoxy) is 3. The van der Waals surface area contributed by atoms with Gasteiger partial charge in [-0.1, -0.05) is 61.7 Å². The van der Waals surface area contributed by atoms with Gasteiger partial charge in [0.2, 0.25) is 0 Å². The summed E-state index contributed by atoms with van der Waals surface area (Å²) in [5.74, 6) is 0. The summed E-state index contributed by atoms with van der Waals surface area (Å²) in [6.07, 6.45) is 4.26. The lowest BCUT2D eigenvalue weighted by Crippen LogP contribution is -2.08. The number of hydrogen-bond donors (Lipinski definition) is 0. The van der Waals surface area contributed by atoms with Crippen LogP contribution in [0, 0.1) is 0 Å². The average Bonchev–Trinajstić information content (AvgIpc) is 3.58. The Morgan fingerprint density at radius 2 is 1.28 bits per heavy atom. The number of epoxide rings is 2. The summed E-state index contributed by atoms with van der Waals surface area (Å²) < 4.78 is 17.3. The average molecular weight is 334 g/mol. The molecule has 2 aliphatic heterocycles. The van der Waals surface area contributed by atoms with E-state index < -0.39 is 0 Å². The minimum atomic E-state index is 0.139. The molecule has 2 aromatic carbocycles. The lowest BCUT2D eigenvalue weighted by atomic mass is 10.1. The van der Waals surface area contributed by atoms with Crippen molar-refractivity contribution in [3.8, 4) is 0 Å². The Labute approximate surface area is 148 Å². The molecule has 4 unspecified atom stereocenters. The maximum Gasteiger partial charge on any atom is 0.112 e.